The Kier molecular flexibility index (Phi) is 7.06. The molecule has 1 aliphatic rings. The molecule has 1 N–H and O–H groups in total. The summed E-state index contributed by atoms with van der Waals surface area (Å²) >= 11 is 0. The van der Waals surface area contributed by atoms with Crippen molar-refractivity contribution in [1.82, 2.24) is 19.8 Å². The van der Waals surface area contributed by atoms with Crippen LogP contribution in [0.3, 0.4) is 0 Å². The summed E-state index contributed by atoms with van der Waals surface area (Å²) in [4.78, 5) is 20.5. The minimum atomic E-state index is -3.18. The van der Waals surface area contributed by atoms with Gasteiger partial charge < -0.3 is 14.2 Å². The Balaban J connectivity index is 1.54. The highest BCUT2D eigenvalue weighted by Gasteiger charge is 2.25. The van der Waals surface area contributed by atoms with Gasteiger partial charge in [-0.3, -0.25) is 4.90 Å². The van der Waals surface area contributed by atoms with Crippen molar-refractivity contribution in [3.8, 4) is 11.5 Å². The Morgan fingerprint density at radius 1 is 1.33 bits per heavy atom. The molecule has 1 aliphatic heterocycles. The van der Waals surface area contributed by atoms with Crippen LogP contribution in [0.15, 0.2) is 28.8 Å². The highest BCUT2D eigenvalue weighted by atomic mass is 32.2. The van der Waals surface area contributed by atoms with Crippen LogP contribution in [0.4, 0.5) is 10.5 Å². The lowest BCUT2D eigenvalue weighted by Gasteiger charge is -2.32. The van der Waals surface area contributed by atoms with Gasteiger partial charge in [0.15, 0.2) is 5.82 Å². The molecule has 30 heavy (non-hydrogen) atoms. The molecule has 1 fully saturated rings. The number of amides is 1. The first-order chi connectivity index (χ1) is 14.2. The van der Waals surface area contributed by atoms with Crippen LogP contribution < -0.4 is 9.62 Å². The highest BCUT2D eigenvalue weighted by Crippen LogP contribution is 2.29. The number of rotatable bonds is 7. The Labute approximate surface area is 176 Å². The van der Waals surface area contributed by atoms with E-state index in [1.165, 1.54) is 4.90 Å². The number of sulfonamides is 1. The van der Waals surface area contributed by atoms with E-state index in [1.807, 2.05) is 18.2 Å². The Morgan fingerprint density at radius 2 is 2.03 bits per heavy atom. The van der Waals surface area contributed by atoms with Crippen molar-refractivity contribution in [3.05, 3.63) is 30.1 Å². The lowest BCUT2D eigenvalue weighted by Crippen LogP contribution is -2.42. The lowest BCUT2D eigenvalue weighted by atomic mass is 10.1. The van der Waals surface area contributed by atoms with Gasteiger partial charge in [-0.2, -0.15) is 4.98 Å². The number of aromatic nitrogens is 2. The van der Waals surface area contributed by atoms with Crippen LogP contribution in [0.1, 0.15) is 18.7 Å². The molecule has 0 atom stereocenters. The fourth-order valence-electron chi connectivity index (χ4n) is 3.31. The second-order valence-corrected chi connectivity index (χ2v) is 9.15. The molecule has 1 aromatic carbocycles. The molecule has 3 rings (SSSR count). The molecule has 11 heteroatoms. The zero-order chi connectivity index (χ0) is 21.7. The van der Waals surface area contributed by atoms with E-state index in [-0.39, 0.29) is 6.10 Å². The molecule has 0 aliphatic carbocycles. The summed E-state index contributed by atoms with van der Waals surface area (Å²) in [5.41, 5.74) is 1.28. The molecule has 0 unspecified atom stereocenters. The molecule has 164 valence electrons. The minimum absolute atomic E-state index is 0.183. The number of piperidine rings is 1. The number of anilines is 1. The van der Waals surface area contributed by atoms with Gasteiger partial charge in [-0.25, -0.2) is 17.9 Å². The Morgan fingerprint density at radius 3 is 2.67 bits per heavy atom. The van der Waals surface area contributed by atoms with Gasteiger partial charge in [0.05, 0.1) is 17.5 Å². The summed E-state index contributed by atoms with van der Waals surface area (Å²) in [6.45, 7) is 4.22. The van der Waals surface area contributed by atoms with Crippen LogP contribution >= 0.6 is 0 Å². The normalized spacial score (nSPS) is 15.8. The minimum Gasteiger partial charge on any atom is -0.446 e. The number of carbonyl (C=O) groups excluding carboxylic acids is 1. The molecular weight excluding hydrogens is 410 g/mol. The second-order valence-electron chi connectivity index (χ2n) is 7.31. The Hall–Kier alpha value is -2.50. The van der Waals surface area contributed by atoms with E-state index in [0.717, 1.165) is 19.3 Å². The fraction of sp³-hybridized carbons (Fsp3) is 0.526. The SMILES string of the molecule is Cc1noc(-c2ccccc2N(C)C(=O)OC2CCN(CCNS(C)(=O)=O)CC2)n1. The van der Waals surface area contributed by atoms with Crippen molar-refractivity contribution in [2.75, 3.05) is 44.4 Å². The van der Waals surface area contributed by atoms with Crippen molar-refractivity contribution in [2.24, 2.45) is 0 Å². The summed E-state index contributed by atoms with van der Waals surface area (Å²) in [6, 6.07) is 7.28. The predicted molar refractivity (Wildman–Crippen MR) is 112 cm³/mol. The number of hydrogen-bond acceptors (Lipinski definition) is 8. The summed E-state index contributed by atoms with van der Waals surface area (Å²) in [6.07, 6.45) is 1.91. The third-order valence-electron chi connectivity index (χ3n) is 4.89. The van der Waals surface area contributed by atoms with Gasteiger partial charge in [0.1, 0.15) is 6.10 Å². The maximum Gasteiger partial charge on any atom is 0.414 e. The maximum absolute atomic E-state index is 12.7. The predicted octanol–water partition coefficient (Wildman–Crippen LogP) is 1.63. The average Bonchev–Trinajstić information content (AvgIpc) is 3.14. The van der Waals surface area contributed by atoms with Gasteiger partial charge in [-0.05, 0) is 31.9 Å². The molecule has 1 saturated heterocycles. The van der Waals surface area contributed by atoms with Gasteiger partial charge in [-0.1, -0.05) is 17.3 Å². The molecule has 0 bridgehead atoms. The standard InChI is InChI=1S/C19H27N5O5S/c1-14-21-18(29-22-14)16-6-4-5-7-17(16)23(2)19(25)28-15-8-11-24(12-9-15)13-10-20-30(3,26)27/h4-7,15,20H,8-13H2,1-3H3. The van der Waals surface area contributed by atoms with Crippen molar-refractivity contribution >= 4 is 21.8 Å². The van der Waals surface area contributed by atoms with Crippen LogP contribution in [-0.2, 0) is 14.8 Å². The molecule has 0 radical (unpaired) electrons. The summed E-state index contributed by atoms with van der Waals surface area (Å²) in [5, 5.41) is 3.81. The summed E-state index contributed by atoms with van der Waals surface area (Å²) < 4.78 is 35.7. The number of aryl methyl sites for hydroxylation is 1. The van der Waals surface area contributed by atoms with Gasteiger partial charge in [0.25, 0.3) is 5.89 Å². The molecular formula is C19H27N5O5S. The molecule has 1 amide bonds. The highest BCUT2D eigenvalue weighted by molar-refractivity contribution is 7.88. The van der Waals surface area contributed by atoms with E-state index >= 15 is 0 Å². The largest absolute Gasteiger partial charge is 0.446 e. The number of nitrogens with zero attached hydrogens (tertiary/aromatic N) is 4. The summed E-state index contributed by atoms with van der Waals surface area (Å²) in [7, 11) is -1.53. The van der Waals surface area contributed by atoms with Crippen LogP contribution in [0.25, 0.3) is 11.5 Å². The molecule has 10 nitrogen and oxygen atoms in total. The molecule has 1 aromatic heterocycles. The quantitative estimate of drug-likeness (QED) is 0.694. The van der Waals surface area contributed by atoms with Gasteiger partial charge in [-0.15, -0.1) is 0 Å². The maximum atomic E-state index is 12.7. The van der Waals surface area contributed by atoms with Crippen LogP contribution in [-0.4, -0.2) is 75.1 Å². The number of hydrogen-bond donors (Lipinski definition) is 1. The van der Waals surface area contributed by atoms with E-state index < -0.39 is 16.1 Å². The first-order valence-electron chi connectivity index (χ1n) is 9.74. The van der Waals surface area contributed by atoms with E-state index in [1.54, 1.807) is 20.0 Å². The first kappa shape index (κ1) is 22.2. The molecule has 0 saturated carbocycles. The monoisotopic (exact) mass is 437 g/mol. The zero-order valence-corrected chi connectivity index (χ0v) is 18.2. The lowest BCUT2D eigenvalue weighted by molar-refractivity contribution is 0.0562. The molecule has 2 heterocycles. The first-order valence-corrected chi connectivity index (χ1v) is 11.6. The van der Waals surface area contributed by atoms with Crippen molar-refractivity contribution in [3.63, 3.8) is 0 Å². The molecule has 0 spiro atoms. The third-order valence-corrected chi connectivity index (χ3v) is 5.62. The number of ether oxygens (including phenoxy) is 1. The number of carbonyl (C=O) groups is 1. The van der Waals surface area contributed by atoms with E-state index in [0.29, 0.717) is 48.9 Å². The third kappa shape index (κ3) is 6.00. The van der Waals surface area contributed by atoms with Gasteiger partial charge in [0, 0.05) is 33.2 Å². The number of nitrogens with one attached hydrogen (secondary N) is 1. The topological polar surface area (TPSA) is 118 Å². The van der Waals surface area contributed by atoms with Crippen molar-refractivity contribution < 1.29 is 22.5 Å². The fourth-order valence-corrected chi connectivity index (χ4v) is 3.78. The van der Waals surface area contributed by atoms with E-state index in [9.17, 15) is 13.2 Å². The van der Waals surface area contributed by atoms with E-state index in [4.69, 9.17) is 9.26 Å². The number of benzene rings is 1. The zero-order valence-electron chi connectivity index (χ0n) is 17.4. The van der Waals surface area contributed by atoms with Crippen LogP contribution in [0.2, 0.25) is 0 Å². The summed E-state index contributed by atoms with van der Waals surface area (Å²) in [5.74, 6) is 0.863. The van der Waals surface area contributed by atoms with Crippen LogP contribution in [0.5, 0.6) is 0 Å². The van der Waals surface area contributed by atoms with Crippen LogP contribution in [0, 0.1) is 6.92 Å². The van der Waals surface area contributed by atoms with Crippen molar-refractivity contribution in [1.29, 1.82) is 0 Å². The second kappa shape index (κ2) is 9.54. The van der Waals surface area contributed by atoms with Gasteiger partial charge >= 0.3 is 6.09 Å². The van der Waals surface area contributed by atoms with Crippen molar-refractivity contribution in [2.45, 2.75) is 25.9 Å². The smallest absolute Gasteiger partial charge is 0.414 e. The average molecular weight is 438 g/mol. The van der Waals surface area contributed by atoms with Gasteiger partial charge in [0.2, 0.25) is 10.0 Å². The molecule has 2 aromatic rings. The number of likely N-dealkylation sites (tertiary alicyclic amines) is 1. The number of para-hydroxylation sites is 1. The van der Waals surface area contributed by atoms with E-state index in [2.05, 4.69) is 19.8 Å². The Bertz CT molecular complexity index is 969.